The molecule has 5 aliphatic rings. The molecule has 4 saturated carbocycles. The fraction of sp³-hybridized carbons (Fsp3) is 0.625. The first-order valence-corrected chi connectivity index (χ1v) is 11.0. The van der Waals surface area contributed by atoms with E-state index in [1.165, 1.54) is 51.2 Å². The zero-order chi connectivity index (χ0) is 19.1. The second kappa shape index (κ2) is 7.22. The summed E-state index contributed by atoms with van der Waals surface area (Å²) in [4.78, 5) is 17.4. The highest BCUT2D eigenvalue weighted by atomic mass is 16.5. The van der Waals surface area contributed by atoms with Gasteiger partial charge in [-0.15, -0.1) is 0 Å². The van der Waals surface area contributed by atoms with Crippen molar-refractivity contribution in [2.75, 3.05) is 26.9 Å². The van der Waals surface area contributed by atoms with Crippen LogP contribution in [0.4, 0.5) is 0 Å². The minimum atomic E-state index is -0.167. The van der Waals surface area contributed by atoms with Gasteiger partial charge in [-0.1, -0.05) is 30.3 Å². The Labute approximate surface area is 168 Å². The van der Waals surface area contributed by atoms with Crippen LogP contribution >= 0.6 is 0 Å². The van der Waals surface area contributed by atoms with Gasteiger partial charge in [-0.25, -0.2) is 4.79 Å². The van der Waals surface area contributed by atoms with Gasteiger partial charge >= 0.3 is 5.97 Å². The minimum absolute atomic E-state index is 0.167. The molecule has 1 aromatic carbocycles. The zero-order valence-corrected chi connectivity index (χ0v) is 17.0. The van der Waals surface area contributed by atoms with Crippen LogP contribution in [0, 0.1) is 17.8 Å². The standard InChI is InChI=1S/C24H32N2O2/c1-28-23(27)22-15-25(8-7-18-5-3-2-4-6-18)17-26(16-22)24-12-19-9-20(13-24)11-21(10-19)14-24/h2-6,15,19-21H,7-14,16-17H2,1H3. The van der Waals surface area contributed by atoms with Crippen LogP contribution in [0.5, 0.6) is 0 Å². The van der Waals surface area contributed by atoms with Crippen molar-refractivity contribution in [3.63, 3.8) is 0 Å². The Hall–Kier alpha value is -1.81. The Morgan fingerprint density at radius 2 is 1.71 bits per heavy atom. The molecule has 0 atom stereocenters. The smallest absolute Gasteiger partial charge is 0.336 e. The number of carbonyl (C=O) groups is 1. The first-order chi connectivity index (χ1) is 13.6. The SMILES string of the molecule is COC(=O)C1=CN(CCc2ccccc2)CN(C23CC4CC(CC(C4)C2)C3)C1. The van der Waals surface area contributed by atoms with Crippen molar-refractivity contribution in [2.24, 2.45) is 17.8 Å². The molecule has 1 aromatic rings. The van der Waals surface area contributed by atoms with Crippen molar-refractivity contribution in [1.29, 1.82) is 0 Å². The molecule has 4 nitrogen and oxygen atoms in total. The molecular weight excluding hydrogens is 348 g/mol. The normalized spacial score (nSPS) is 34.4. The second-order valence-corrected chi connectivity index (χ2v) is 9.68. The molecule has 1 aliphatic heterocycles. The highest BCUT2D eigenvalue weighted by Gasteiger charge is 2.54. The lowest BCUT2D eigenvalue weighted by atomic mass is 9.52. The highest BCUT2D eigenvalue weighted by Crippen LogP contribution is 2.58. The molecule has 0 radical (unpaired) electrons. The molecule has 4 fully saturated rings. The summed E-state index contributed by atoms with van der Waals surface area (Å²) < 4.78 is 5.11. The summed E-state index contributed by atoms with van der Waals surface area (Å²) in [5.74, 6) is 2.57. The van der Waals surface area contributed by atoms with E-state index in [0.29, 0.717) is 5.54 Å². The van der Waals surface area contributed by atoms with E-state index in [0.717, 1.165) is 49.5 Å². The van der Waals surface area contributed by atoms with Crippen LogP contribution in [0.2, 0.25) is 0 Å². The number of esters is 1. The van der Waals surface area contributed by atoms with Gasteiger partial charge in [0.05, 0.1) is 19.4 Å². The van der Waals surface area contributed by atoms with Gasteiger partial charge in [0.25, 0.3) is 0 Å². The molecule has 4 bridgehead atoms. The summed E-state index contributed by atoms with van der Waals surface area (Å²) in [6.45, 7) is 2.63. The third-order valence-electron chi connectivity index (χ3n) is 7.71. The molecule has 28 heavy (non-hydrogen) atoms. The molecule has 0 N–H and O–H groups in total. The van der Waals surface area contributed by atoms with Crippen LogP contribution in [-0.4, -0.2) is 48.2 Å². The third-order valence-corrected chi connectivity index (χ3v) is 7.71. The maximum atomic E-state index is 12.4. The van der Waals surface area contributed by atoms with E-state index in [1.54, 1.807) is 0 Å². The Morgan fingerprint density at radius 1 is 1.07 bits per heavy atom. The summed E-state index contributed by atoms with van der Waals surface area (Å²) in [6, 6.07) is 10.6. The topological polar surface area (TPSA) is 32.8 Å². The van der Waals surface area contributed by atoms with Crippen molar-refractivity contribution < 1.29 is 9.53 Å². The number of hydrogen-bond acceptors (Lipinski definition) is 4. The van der Waals surface area contributed by atoms with Gasteiger partial charge in [-0.3, -0.25) is 4.90 Å². The van der Waals surface area contributed by atoms with Gasteiger partial charge in [0, 0.05) is 24.8 Å². The van der Waals surface area contributed by atoms with Crippen molar-refractivity contribution in [1.82, 2.24) is 9.80 Å². The molecule has 150 valence electrons. The van der Waals surface area contributed by atoms with Gasteiger partial charge < -0.3 is 9.64 Å². The largest absolute Gasteiger partial charge is 0.466 e. The fourth-order valence-electron chi connectivity index (χ4n) is 6.85. The molecule has 4 aliphatic carbocycles. The molecule has 0 aromatic heterocycles. The highest BCUT2D eigenvalue weighted by molar-refractivity contribution is 5.88. The Kier molecular flexibility index (Phi) is 4.70. The first-order valence-electron chi connectivity index (χ1n) is 11.0. The predicted molar refractivity (Wildman–Crippen MR) is 109 cm³/mol. The fourth-order valence-corrected chi connectivity index (χ4v) is 6.85. The van der Waals surface area contributed by atoms with Gasteiger partial charge in [-0.2, -0.15) is 0 Å². The van der Waals surface area contributed by atoms with E-state index in [4.69, 9.17) is 4.74 Å². The minimum Gasteiger partial charge on any atom is -0.466 e. The molecular formula is C24H32N2O2. The van der Waals surface area contributed by atoms with Crippen LogP contribution in [0.25, 0.3) is 0 Å². The van der Waals surface area contributed by atoms with Crippen molar-refractivity contribution >= 4 is 5.97 Å². The van der Waals surface area contributed by atoms with E-state index in [2.05, 4.69) is 46.3 Å². The van der Waals surface area contributed by atoms with Crippen molar-refractivity contribution in [3.8, 4) is 0 Å². The van der Waals surface area contributed by atoms with Crippen LogP contribution < -0.4 is 0 Å². The van der Waals surface area contributed by atoms with E-state index >= 15 is 0 Å². The summed E-state index contributed by atoms with van der Waals surface area (Å²) >= 11 is 0. The first kappa shape index (κ1) is 18.2. The molecule has 0 amide bonds. The number of rotatable bonds is 5. The molecule has 0 spiro atoms. The molecule has 6 rings (SSSR count). The maximum absolute atomic E-state index is 12.4. The van der Waals surface area contributed by atoms with Crippen LogP contribution in [-0.2, 0) is 16.0 Å². The lowest BCUT2D eigenvalue weighted by Gasteiger charge is -2.61. The Balaban J connectivity index is 1.36. The lowest BCUT2D eigenvalue weighted by Crippen LogP contribution is -2.63. The Morgan fingerprint density at radius 3 is 2.32 bits per heavy atom. The molecule has 4 heteroatoms. The number of ether oxygens (including phenoxy) is 1. The maximum Gasteiger partial charge on any atom is 0.336 e. The quantitative estimate of drug-likeness (QED) is 0.727. The average molecular weight is 381 g/mol. The van der Waals surface area contributed by atoms with E-state index < -0.39 is 0 Å². The van der Waals surface area contributed by atoms with Crippen LogP contribution in [0.15, 0.2) is 42.1 Å². The van der Waals surface area contributed by atoms with E-state index in [9.17, 15) is 4.79 Å². The number of carbonyl (C=O) groups excluding carboxylic acids is 1. The second-order valence-electron chi connectivity index (χ2n) is 9.68. The number of benzene rings is 1. The van der Waals surface area contributed by atoms with Crippen LogP contribution in [0.1, 0.15) is 44.1 Å². The summed E-state index contributed by atoms with van der Waals surface area (Å²) in [5, 5.41) is 0. The third kappa shape index (κ3) is 3.36. The zero-order valence-electron chi connectivity index (χ0n) is 17.0. The van der Waals surface area contributed by atoms with Gasteiger partial charge in [-0.05, 0) is 68.3 Å². The predicted octanol–water partition coefficient (Wildman–Crippen LogP) is 3.83. The lowest BCUT2D eigenvalue weighted by molar-refractivity contribution is -0.138. The Bertz CT molecular complexity index is 722. The molecule has 1 heterocycles. The van der Waals surface area contributed by atoms with Gasteiger partial charge in [0.2, 0.25) is 0 Å². The summed E-state index contributed by atoms with van der Waals surface area (Å²) in [7, 11) is 1.50. The number of methoxy groups -OCH3 is 1. The van der Waals surface area contributed by atoms with Crippen LogP contribution in [0.3, 0.4) is 0 Å². The molecule has 0 unspecified atom stereocenters. The van der Waals surface area contributed by atoms with Crippen molar-refractivity contribution in [2.45, 2.75) is 50.5 Å². The van der Waals surface area contributed by atoms with Gasteiger partial charge in [0.1, 0.15) is 0 Å². The summed E-state index contributed by atoms with van der Waals surface area (Å²) in [6.07, 6.45) is 11.4. The van der Waals surface area contributed by atoms with E-state index in [1.807, 2.05) is 0 Å². The van der Waals surface area contributed by atoms with Crippen molar-refractivity contribution in [3.05, 3.63) is 47.7 Å². The summed E-state index contributed by atoms with van der Waals surface area (Å²) in [5.41, 5.74) is 2.48. The number of nitrogens with zero attached hydrogens (tertiary/aromatic N) is 2. The monoisotopic (exact) mass is 380 g/mol. The number of hydrogen-bond donors (Lipinski definition) is 0. The van der Waals surface area contributed by atoms with E-state index in [-0.39, 0.29) is 5.97 Å². The average Bonchev–Trinajstić information content (AvgIpc) is 2.71. The molecule has 0 saturated heterocycles. The van der Waals surface area contributed by atoms with Gasteiger partial charge in [0.15, 0.2) is 0 Å².